The molecule has 2 rings (SSSR count). The summed E-state index contributed by atoms with van der Waals surface area (Å²) in [5, 5.41) is 3.46. The Hall–Kier alpha value is 0.440. The van der Waals surface area contributed by atoms with Gasteiger partial charge in [0.1, 0.15) is 5.75 Å². The Morgan fingerprint density at radius 3 is 2.69 bits per heavy atom. The minimum Gasteiger partial charge on any atom is -0.496 e. The molecule has 68 valence electrons. The second-order valence-corrected chi connectivity index (χ2v) is 5.80. The van der Waals surface area contributed by atoms with E-state index in [4.69, 9.17) is 4.74 Å². The van der Waals surface area contributed by atoms with E-state index in [-0.39, 0.29) is 0 Å². The van der Waals surface area contributed by atoms with Gasteiger partial charge in [-0.2, -0.15) is 0 Å². The lowest BCUT2D eigenvalue weighted by molar-refractivity contribution is 0.412. The standard InChI is InChI=1S/C9H6I2OS/c1-12-8-2-5-7(11)4-13-9(5)3-6(8)10/h2-4H,1H3. The summed E-state index contributed by atoms with van der Waals surface area (Å²) in [6, 6.07) is 4.27. The topological polar surface area (TPSA) is 9.23 Å². The molecule has 0 saturated heterocycles. The van der Waals surface area contributed by atoms with Crippen LogP contribution in [0.3, 0.4) is 0 Å². The van der Waals surface area contributed by atoms with Crippen molar-refractivity contribution in [2.45, 2.75) is 0 Å². The summed E-state index contributed by atoms with van der Waals surface area (Å²) in [5.74, 6) is 0.962. The molecule has 0 atom stereocenters. The molecule has 0 spiro atoms. The zero-order valence-electron chi connectivity index (χ0n) is 6.80. The monoisotopic (exact) mass is 416 g/mol. The highest BCUT2D eigenvalue weighted by molar-refractivity contribution is 14.1. The second-order valence-electron chi connectivity index (χ2n) is 2.57. The molecular formula is C9H6I2OS. The van der Waals surface area contributed by atoms with Crippen molar-refractivity contribution in [3.8, 4) is 5.75 Å². The summed E-state index contributed by atoms with van der Waals surface area (Å²) >= 11 is 6.43. The maximum atomic E-state index is 5.27. The smallest absolute Gasteiger partial charge is 0.132 e. The molecule has 0 unspecified atom stereocenters. The molecule has 1 nitrogen and oxygen atoms in total. The predicted octanol–water partition coefficient (Wildman–Crippen LogP) is 4.12. The van der Waals surface area contributed by atoms with Crippen LogP contribution in [0.15, 0.2) is 17.5 Å². The van der Waals surface area contributed by atoms with E-state index < -0.39 is 0 Å². The molecule has 1 heterocycles. The van der Waals surface area contributed by atoms with E-state index in [0.717, 1.165) is 5.75 Å². The minimum absolute atomic E-state index is 0.962. The Balaban J connectivity index is 2.77. The van der Waals surface area contributed by atoms with Crippen LogP contribution in [0, 0.1) is 7.14 Å². The maximum absolute atomic E-state index is 5.27. The van der Waals surface area contributed by atoms with Crippen LogP contribution in [0.4, 0.5) is 0 Å². The van der Waals surface area contributed by atoms with Gasteiger partial charge in [0.05, 0.1) is 10.7 Å². The summed E-state index contributed by atoms with van der Waals surface area (Å²) in [7, 11) is 1.71. The normalized spacial score (nSPS) is 10.7. The molecule has 1 aromatic heterocycles. The largest absolute Gasteiger partial charge is 0.496 e. The Bertz CT molecular complexity index is 450. The molecule has 0 saturated carbocycles. The van der Waals surface area contributed by atoms with Crippen LogP contribution in [-0.4, -0.2) is 7.11 Å². The molecule has 13 heavy (non-hydrogen) atoms. The number of thiophene rings is 1. The number of methoxy groups -OCH3 is 1. The van der Waals surface area contributed by atoms with Crippen molar-refractivity contribution in [3.63, 3.8) is 0 Å². The Morgan fingerprint density at radius 1 is 1.23 bits per heavy atom. The second kappa shape index (κ2) is 3.90. The third-order valence-electron chi connectivity index (χ3n) is 1.80. The summed E-state index contributed by atoms with van der Waals surface area (Å²) < 4.78 is 9.07. The zero-order valence-corrected chi connectivity index (χ0v) is 11.9. The Kier molecular flexibility index (Phi) is 2.99. The first-order valence-corrected chi connectivity index (χ1v) is 6.66. The lowest BCUT2D eigenvalue weighted by atomic mass is 10.2. The van der Waals surface area contributed by atoms with Gasteiger partial charge in [-0.15, -0.1) is 11.3 Å². The number of fused-ring (bicyclic) bond motifs is 1. The lowest BCUT2D eigenvalue weighted by Crippen LogP contribution is -1.85. The van der Waals surface area contributed by atoms with Gasteiger partial charge in [-0.3, -0.25) is 0 Å². The summed E-state index contributed by atoms with van der Waals surface area (Å²) in [6.07, 6.45) is 0. The van der Waals surface area contributed by atoms with E-state index in [2.05, 4.69) is 62.7 Å². The van der Waals surface area contributed by atoms with Gasteiger partial charge in [0.2, 0.25) is 0 Å². The SMILES string of the molecule is COc1cc2c(I)csc2cc1I. The fourth-order valence-electron chi connectivity index (χ4n) is 1.15. The third kappa shape index (κ3) is 1.80. The Labute approximate surface area is 108 Å². The van der Waals surface area contributed by atoms with E-state index in [1.165, 1.54) is 17.2 Å². The summed E-state index contributed by atoms with van der Waals surface area (Å²) in [4.78, 5) is 0. The molecule has 0 amide bonds. The van der Waals surface area contributed by atoms with Crippen LogP contribution in [0.2, 0.25) is 0 Å². The van der Waals surface area contributed by atoms with E-state index in [9.17, 15) is 0 Å². The molecule has 2 aromatic rings. The minimum atomic E-state index is 0.962. The summed E-state index contributed by atoms with van der Waals surface area (Å²) in [6.45, 7) is 0. The molecule has 4 heteroatoms. The van der Waals surface area contributed by atoms with Crippen molar-refractivity contribution in [2.24, 2.45) is 0 Å². The molecule has 0 N–H and O–H groups in total. The number of ether oxygens (including phenoxy) is 1. The first kappa shape index (κ1) is 9.97. The number of hydrogen-bond donors (Lipinski definition) is 0. The molecule has 0 aliphatic heterocycles. The van der Waals surface area contributed by atoms with Gasteiger partial charge in [0.15, 0.2) is 0 Å². The molecule has 0 radical (unpaired) electrons. The van der Waals surface area contributed by atoms with E-state index in [1.807, 2.05) is 0 Å². The van der Waals surface area contributed by atoms with Crippen LogP contribution in [0.1, 0.15) is 0 Å². The molecule has 0 fully saturated rings. The van der Waals surface area contributed by atoms with Gasteiger partial charge in [0, 0.05) is 19.0 Å². The van der Waals surface area contributed by atoms with Crippen LogP contribution < -0.4 is 4.74 Å². The van der Waals surface area contributed by atoms with Gasteiger partial charge in [-0.25, -0.2) is 0 Å². The lowest BCUT2D eigenvalue weighted by Gasteiger charge is -2.02. The first-order valence-electron chi connectivity index (χ1n) is 3.62. The third-order valence-corrected chi connectivity index (χ3v) is 4.90. The van der Waals surface area contributed by atoms with Crippen molar-refractivity contribution in [3.05, 3.63) is 24.7 Å². The zero-order chi connectivity index (χ0) is 9.42. The average molecular weight is 416 g/mol. The van der Waals surface area contributed by atoms with Crippen LogP contribution in [-0.2, 0) is 0 Å². The Morgan fingerprint density at radius 2 is 2.00 bits per heavy atom. The highest BCUT2D eigenvalue weighted by Crippen LogP contribution is 2.33. The molecule has 1 aromatic carbocycles. The van der Waals surface area contributed by atoms with Gasteiger partial charge in [0.25, 0.3) is 0 Å². The van der Waals surface area contributed by atoms with Gasteiger partial charge in [-0.1, -0.05) is 0 Å². The van der Waals surface area contributed by atoms with Crippen molar-refractivity contribution >= 4 is 66.6 Å². The maximum Gasteiger partial charge on any atom is 0.132 e. The van der Waals surface area contributed by atoms with Crippen molar-refractivity contribution in [1.29, 1.82) is 0 Å². The van der Waals surface area contributed by atoms with Crippen molar-refractivity contribution in [1.82, 2.24) is 0 Å². The van der Waals surface area contributed by atoms with E-state index in [1.54, 1.807) is 18.4 Å². The van der Waals surface area contributed by atoms with Gasteiger partial charge >= 0.3 is 0 Å². The first-order chi connectivity index (χ1) is 6.22. The van der Waals surface area contributed by atoms with Crippen LogP contribution >= 0.6 is 56.5 Å². The van der Waals surface area contributed by atoms with Crippen LogP contribution in [0.25, 0.3) is 10.1 Å². The van der Waals surface area contributed by atoms with E-state index >= 15 is 0 Å². The molecule has 0 bridgehead atoms. The quantitative estimate of drug-likeness (QED) is 0.636. The fraction of sp³-hybridized carbons (Fsp3) is 0.111. The highest BCUT2D eigenvalue weighted by Gasteiger charge is 2.06. The number of hydrogen-bond acceptors (Lipinski definition) is 2. The highest BCUT2D eigenvalue weighted by atomic mass is 127. The summed E-state index contributed by atoms with van der Waals surface area (Å²) in [5.41, 5.74) is 0. The van der Waals surface area contributed by atoms with E-state index in [0.29, 0.717) is 0 Å². The molecule has 0 aliphatic rings. The molecular weight excluding hydrogens is 410 g/mol. The van der Waals surface area contributed by atoms with Crippen LogP contribution in [0.5, 0.6) is 5.75 Å². The average Bonchev–Trinajstić information content (AvgIpc) is 2.46. The predicted molar refractivity (Wildman–Crippen MR) is 73.8 cm³/mol. The number of rotatable bonds is 1. The van der Waals surface area contributed by atoms with Crippen molar-refractivity contribution in [2.75, 3.05) is 7.11 Å². The van der Waals surface area contributed by atoms with Crippen molar-refractivity contribution < 1.29 is 4.74 Å². The van der Waals surface area contributed by atoms with Gasteiger partial charge in [-0.05, 0) is 57.3 Å². The number of benzene rings is 1. The van der Waals surface area contributed by atoms with Gasteiger partial charge < -0.3 is 4.74 Å². The fourth-order valence-corrected chi connectivity index (χ4v) is 3.90. The number of halogens is 2. The molecule has 0 aliphatic carbocycles.